The van der Waals surface area contributed by atoms with E-state index in [1.807, 2.05) is 0 Å². The van der Waals surface area contributed by atoms with Crippen molar-refractivity contribution in [1.29, 1.82) is 0 Å². The fourth-order valence-corrected chi connectivity index (χ4v) is 14.8. The van der Waals surface area contributed by atoms with Crippen LogP contribution in [0, 0.1) is 0 Å². The van der Waals surface area contributed by atoms with Crippen LogP contribution in [0.2, 0.25) is 0 Å². The van der Waals surface area contributed by atoms with E-state index >= 15 is 0 Å². The van der Waals surface area contributed by atoms with Crippen molar-refractivity contribution in [3.63, 3.8) is 0 Å². The summed E-state index contributed by atoms with van der Waals surface area (Å²) in [5, 5.41) is 2.04. The molecule has 0 unspecified atom stereocenters. The number of para-hydroxylation sites is 2. The second kappa shape index (κ2) is 20.9. The number of aromatic nitrogens is 2. The Kier molecular flexibility index (Phi) is 14.1. The van der Waals surface area contributed by atoms with Crippen LogP contribution in [0.25, 0.3) is 41.6 Å². The summed E-state index contributed by atoms with van der Waals surface area (Å²) in [7, 11) is 0. The summed E-state index contributed by atoms with van der Waals surface area (Å²) in [6.45, 7) is 41.7. The summed E-state index contributed by atoms with van der Waals surface area (Å²) in [6.07, 6.45) is 0. The van der Waals surface area contributed by atoms with Gasteiger partial charge < -0.3 is 14.7 Å². The molecule has 5 nitrogen and oxygen atoms in total. The zero-order valence-electron chi connectivity index (χ0n) is 55.0. The minimum atomic E-state index is -0.208. The highest BCUT2D eigenvalue weighted by Gasteiger charge is 2.46. The molecule has 0 spiro atoms. The van der Waals surface area contributed by atoms with Gasteiger partial charge in [0.25, 0.3) is 6.71 Å². The van der Waals surface area contributed by atoms with Crippen LogP contribution in [0.5, 0.6) is 0 Å². The van der Waals surface area contributed by atoms with Gasteiger partial charge >= 0.3 is 0 Å². The SMILES string of the molecule is CC(C)(C)c1ccc(-c2nc3cc4c(cc3s2)N(c2cc(C(C)(C)C)cc(C(C)(C)C)c2)c2cc(N(c3ccccc3)c3ccccc3)cc3c2B4c2cc4nc(-c5ccc(C(C)(C)C)cc5)sc4cc2N3c2cc(C(C)(C)C)cc(C(C)(C)C)c2)cc1. The Morgan fingerprint density at radius 3 is 0.977 bits per heavy atom. The molecule has 0 N–H and O–H groups in total. The van der Waals surface area contributed by atoms with Crippen LogP contribution in [0.4, 0.5) is 51.2 Å². The maximum atomic E-state index is 5.61. The summed E-state index contributed by atoms with van der Waals surface area (Å²) >= 11 is 3.58. The molecule has 88 heavy (non-hydrogen) atoms. The van der Waals surface area contributed by atoms with Gasteiger partial charge in [-0.2, -0.15) is 0 Å². The van der Waals surface area contributed by atoms with E-state index < -0.39 is 0 Å². The van der Waals surface area contributed by atoms with Crippen LogP contribution in [0.3, 0.4) is 0 Å². The molecule has 8 heteroatoms. The smallest absolute Gasteiger partial charge is 0.252 e. The minimum Gasteiger partial charge on any atom is -0.311 e. The first-order valence-corrected chi connectivity index (χ1v) is 33.1. The van der Waals surface area contributed by atoms with E-state index in [1.165, 1.54) is 49.8 Å². The topological polar surface area (TPSA) is 35.5 Å². The molecule has 0 atom stereocenters. The average molecular weight is 1190 g/mol. The predicted molar refractivity (Wildman–Crippen MR) is 385 cm³/mol. The Bertz CT molecular complexity index is 4150. The largest absolute Gasteiger partial charge is 0.311 e. The van der Waals surface area contributed by atoms with E-state index in [9.17, 15) is 0 Å². The highest BCUT2D eigenvalue weighted by Crippen LogP contribution is 2.52. The van der Waals surface area contributed by atoms with Gasteiger partial charge in [-0.05, 0) is 167 Å². The Hall–Kier alpha value is -7.78. The van der Waals surface area contributed by atoms with E-state index in [4.69, 9.17) is 9.97 Å². The average Bonchev–Trinajstić information content (AvgIpc) is 0.899. The fraction of sp³-hybridized carbons (Fsp3) is 0.300. The number of anilines is 9. The Morgan fingerprint density at radius 1 is 0.330 bits per heavy atom. The molecule has 0 aliphatic carbocycles. The van der Waals surface area contributed by atoms with Crippen molar-refractivity contribution >= 4 is 117 Å². The number of nitrogens with zero attached hydrogens (tertiary/aromatic N) is 5. The van der Waals surface area contributed by atoms with Gasteiger partial charge in [-0.15, -0.1) is 22.7 Å². The third-order valence-electron chi connectivity index (χ3n) is 18.2. The molecule has 11 aromatic rings. The summed E-state index contributed by atoms with van der Waals surface area (Å²) < 4.78 is 2.31. The van der Waals surface area contributed by atoms with E-state index in [2.05, 4.69) is 321 Å². The molecule has 0 bridgehead atoms. The number of rotatable bonds is 7. The Balaban J connectivity index is 1.19. The fourth-order valence-electron chi connectivity index (χ4n) is 12.8. The Morgan fingerprint density at radius 2 is 0.659 bits per heavy atom. The van der Waals surface area contributed by atoms with Gasteiger partial charge in [-0.25, -0.2) is 9.97 Å². The van der Waals surface area contributed by atoms with Gasteiger partial charge in [0.05, 0.1) is 26.1 Å². The van der Waals surface area contributed by atoms with Crippen molar-refractivity contribution in [2.24, 2.45) is 0 Å². The predicted octanol–water partition coefficient (Wildman–Crippen LogP) is 21.6. The van der Waals surface area contributed by atoms with E-state index in [0.29, 0.717) is 0 Å². The number of thiazole rings is 2. The van der Waals surface area contributed by atoms with Crippen LogP contribution < -0.4 is 31.1 Å². The molecule has 0 saturated heterocycles. The van der Waals surface area contributed by atoms with Crippen molar-refractivity contribution in [1.82, 2.24) is 9.97 Å². The first-order chi connectivity index (χ1) is 41.4. The molecule has 4 heterocycles. The van der Waals surface area contributed by atoms with Crippen LogP contribution in [0.15, 0.2) is 182 Å². The van der Waals surface area contributed by atoms with Gasteiger partial charge in [-0.1, -0.05) is 222 Å². The maximum Gasteiger partial charge on any atom is 0.252 e. The van der Waals surface area contributed by atoms with Crippen molar-refractivity contribution in [3.05, 3.63) is 215 Å². The molecule has 2 aliphatic heterocycles. The molecule has 2 aliphatic rings. The van der Waals surface area contributed by atoms with Crippen molar-refractivity contribution in [3.8, 4) is 21.1 Å². The molecular weight excluding hydrogens is 1110 g/mol. The van der Waals surface area contributed by atoms with E-state index in [0.717, 1.165) is 92.8 Å². The summed E-state index contributed by atoms with van der Waals surface area (Å²) in [6, 6.07) is 69.8. The number of benzene rings is 9. The zero-order valence-corrected chi connectivity index (χ0v) is 56.6. The Labute approximate surface area is 532 Å². The first-order valence-electron chi connectivity index (χ1n) is 31.5. The lowest BCUT2D eigenvalue weighted by Gasteiger charge is -2.45. The van der Waals surface area contributed by atoms with Crippen LogP contribution in [-0.2, 0) is 32.5 Å². The second-order valence-corrected chi connectivity index (χ2v) is 33.1. The summed E-state index contributed by atoms with van der Waals surface area (Å²) in [4.78, 5) is 18.9. The molecule has 0 fully saturated rings. The second-order valence-electron chi connectivity index (χ2n) is 31.0. The lowest BCUT2D eigenvalue weighted by atomic mass is 9.33. The van der Waals surface area contributed by atoms with Gasteiger partial charge in [0.15, 0.2) is 0 Å². The zero-order chi connectivity index (χ0) is 62.4. The molecule has 2 aromatic heterocycles. The lowest BCUT2D eigenvalue weighted by molar-refractivity contribution is 0.568. The maximum absolute atomic E-state index is 5.61. The van der Waals surface area contributed by atoms with E-state index in [1.54, 1.807) is 22.7 Å². The van der Waals surface area contributed by atoms with Gasteiger partial charge in [0, 0.05) is 56.6 Å². The van der Waals surface area contributed by atoms with Gasteiger partial charge in [0.2, 0.25) is 0 Å². The minimum absolute atomic E-state index is 0.0399. The number of fused-ring (bicyclic) bond motifs is 6. The monoisotopic (exact) mass is 1190 g/mol. The lowest BCUT2D eigenvalue weighted by Crippen LogP contribution is -2.61. The van der Waals surface area contributed by atoms with Crippen molar-refractivity contribution < 1.29 is 0 Å². The number of hydrogen-bond acceptors (Lipinski definition) is 7. The molecular formula is C80H84BN5S2. The molecule has 0 saturated carbocycles. The standard InChI is InChI=1S/C80H84BN5S2/c1-75(2,3)51-33-29-49(30-34-51)73-82-64-45-62-66(47-70(64)87-73)85(59-39-53(77(7,8)9)37-54(40-59)78(10,11)12)68-43-61(84(57-25-21-19-22-26-57)58-27-23-20-24-28-58)44-69-72(68)81(62)63-46-65-71(88-74(83-65)50-31-35-52(36-32-50)76(4,5)6)48-67(63)86(69)60-41-55(79(13,14)15)38-56(42-60)80(16,17)18/h19-48H,1-18H3. The summed E-state index contributed by atoms with van der Waals surface area (Å²) in [5.41, 5.74) is 25.5. The molecule has 0 radical (unpaired) electrons. The molecule has 9 aromatic carbocycles. The van der Waals surface area contributed by atoms with Gasteiger partial charge in [0.1, 0.15) is 10.0 Å². The molecule has 0 amide bonds. The van der Waals surface area contributed by atoms with E-state index in [-0.39, 0.29) is 39.2 Å². The number of hydrogen-bond donors (Lipinski definition) is 0. The van der Waals surface area contributed by atoms with Crippen LogP contribution in [-0.4, -0.2) is 16.7 Å². The van der Waals surface area contributed by atoms with Crippen molar-refractivity contribution in [2.75, 3.05) is 14.7 Å². The summed E-state index contributed by atoms with van der Waals surface area (Å²) in [5.74, 6) is 0. The third kappa shape index (κ3) is 10.8. The third-order valence-corrected chi connectivity index (χ3v) is 20.3. The normalized spacial score (nSPS) is 13.7. The molecule has 444 valence electrons. The quantitative estimate of drug-likeness (QED) is 0.149. The highest BCUT2D eigenvalue weighted by atomic mass is 32.1. The van der Waals surface area contributed by atoms with Crippen LogP contribution in [0.1, 0.15) is 158 Å². The first kappa shape index (κ1) is 59.2. The highest BCUT2D eigenvalue weighted by molar-refractivity contribution is 7.22. The molecule has 13 rings (SSSR count). The van der Waals surface area contributed by atoms with Crippen LogP contribution >= 0.6 is 22.7 Å². The van der Waals surface area contributed by atoms with Crippen molar-refractivity contribution in [2.45, 2.75) is 157 Å². The van der Waals surface area contributed by atoms with Gasteiger partial charge in [-0.3, -0.25) is 0 Å².